The molecule has 0 atom stereocenters. The van der Waals surface area contributed by atoms with E-state index in [4.69, 9.17) is 15.3 Å². The fraction of sp³-hybridized carbons (Fsp3) is 0. The van der Waals surface area contributed by atoms with E-state index in [9.17, 15) is 0 Å². The van der Waals surface area contributed by atoms with Crippen molar-refractivity contribution in [1.29, 1.82) is 0 Å². The van der Waals surface area contributed by atoms with Crippen LogP contribution in [-0.2, 0) is 101 Å². The van der Waals surface area contributed by atoms with E-state index in [0.717, 1.165) is 0 Å². The Hall–Kier alpha value is 1.99. The van der Waals surface area contributed by atoms with Crippen LogP contribution in [0.2, 0.25) is 0 Å². The van der Waals surface area contributed by atoms with E-state index < -0.39 is 0 Å². The molecule has 4 nitrogen and oxygen atoms in total. The molecule has 0 rings (SSSR count). The van der Waals surface area contributed by atoms with E-state index in [2.05, 4.69) is 0 Å². The standard InChI is InChI=1S/4Fe.4O.Ti. The van der Waals surface area contributed by atoms with Gasteiger partial charge < -0.3 is 0 Å². The predicted molar refractivity (Wildman–Crippen MR) is 2.75 cm³/mol. The fourth-order valence-electron chi connectivity index (χ4n) is 0. The first-order valence-electron chi connectivity index (χ1n) is 0.577. The molecule has 0 radical (unpaired) electrons. The van der Waals surface area contributed by atoms with Gasteiger partial charge in [-0.1, -0.05) is 0 Å². The van der Waals surface area contributed by atoms with Gasteiger partial charge in [-0.25, -0.2) is 0 Å². The molecule has 9 heteroatoms. The zero-order valence-corrected chi connectivity index (χ0v) is 9.53. The number of hydrogen-bond donors (Lipinski definition) is 0. The summed E-state index contributed by atoms with van der Waals surface area (Å²) in [5.41, 5.74) is 0. The summed E-state index contributed by atoms with van der Waals surface area (Å²) in [6, 6.07) is 0. The molecule has 0 fully saturated rings. The van der Waals surface area contributed by atoms with Crippen molar-refractivity contribution >= 4 is 0 Å². The van der Waals surface area contributed by atoms with E-state index in [1.807, 2.05) is 63.8 Å². The first-order chi connectivity index (χ1) is 4.00. The molecule has 60 valence electrons. The largest absolute Gasteiger partial charge is 0 e. The van der Waals surface area contributed by atoms with Crippen molar-refractivity contribution in [2.45, 2.75) is 0 Å². The summed E-state index contributed by atoms with van der Waals surface area (Å²) in [4.78, 5) is 0. The first-order valence-corrected chi connectivity index (χ1v) is 2.38. The molecule has 0 heterocycles. The second-order valence-electron chi connectivity index (χ2n) is 0. The topological polar surface area (TPSA) is 68.3 Å². The maximum Gasteiger partial charge on any atom is 0 e. The Morgan fingerprint density at radius 1 is 0.444 bits per heavy atom. The van der Waals surface area contributed by atoms with Crippen LogP contribution in [0.4, 0.5) is 0 Å². The average molecular weight is 335 g/mol. The van der Waals surface area contributed by atoms with Gasteiger partial charge in [0.05, 0.1) is 0 Å². The van der Waals surface area contributed by atoms with Crippen molar-refractivity contribution in [1.82, 2.24) is 0 Å². The van der Waals surface area contributed by atoms with E-state index >= 15 is 0 Å². The molecule has 0 aliphatic carbocycles. The van der Waals surface area contributed by atoms with Gasteiger partial charge in [-0.05, 0) is 0 Å². The summed E-state index contributed by atoms with van der Waals surface area (Å²) in [7, 11) is 0. The fourth-order valence-corrected chi connectivity index (χ4v) is 0. The van der Waals surface area contributed by atoms with E-state index in [1.165, 1.54) is 0 Å². The van der Waals surface area contributed by atoms with Crippen molar-refractivity contribution in [2.75, 3.05) is 0 Å². The Balaban J connectivity index is -0.00000000762. The monoisotopic (exact) mass is 336 g/mol. The van der Waals surface area contributed by atoms with Gasteiger partial charge in [-0.2, -0.15) is 0 Å². The van der Waals surface area contributed by atoms with Gasteiger partial charge in [0.2, 0.25) is 0 Å². The van der Waals surface area contributed by atoms with Crippen LogP contribution in [0.15, 0.2) is 0 Å². The molecule has 0 saturated heterocycles. The van der Waals surface area contributed by atoms with Crippen molar-refractivity contribution in [3.63, 3.8) is 0 Å². The normalized spacial score (nSPS) is 2.22. The molecular weight excluding hydrogens is 335 g/mol. The van der Waals surface area contributed by atoms with Crippen LogP contribution >= 0.6 is 0 Å². The van der Waals surface area contributed by atoms with Crippen molar-refractivity contribution in [3.05, 3.63) is 0 Å². The molecule has 0 saturated carbocycles. The second kappa shape index (κ2) is 204. The number of rotatable bonds is 0. The Labute approximate surface area is 99.6 Å². The SMILES string of the molecule is [O]=[Fe].[O]=[Fe].[O]=[Fe].[O]=[Fe].[Ti]. The average Bonchev–Trinajstić information content (AvgIpc) is 2.03. The molecule has 0 aliphatic rings. The Morgan fingerprint density at radius 3 is 0.444 bits per heavy atom. The van der Waals surface area contributed by atoms with Crippen LogP contribution in [0.5, 0.6) is 0 Å². The maximum absolute atomic E-state index is 8.00. The van der Waals surface area contributed by atoms with Gasteiger partial charge in [0, 0.05) is 21.7 Å². The Kier molecular flexibility index (Phi) is 691. The minimum Gasteiger partial charge on any atom is 0 e. The van der Waals surface area contributed by atoms with Crippen LogP contribution in [0.3, 0.4) is 0 Å². The maximum atomic E-state index is 8.00. The second-order valence-corrected chi connectivity index (χ2v) is 0. The molecule has 0 bridgehead atoms. The molecule has 0 aromatic heterocycles. The van der Waals surface area contributed by atoms with Crippen molar-refractivity contribution in [2.24, 2.45) is 0 Å². The number of hydrogen-bond acceptors (Lipinski definition) is 4. The summed E-state index contributed by atoms with van der Waals surface area (Å²) >= 11 is 8.00. The van der Waals surface area contributed by atoms with Gasteiger partial charge in [0.15, 0.2) is 0 Å². The van der Waals surface area contributed by atoms with Crippen molar-refractivity contribution in [3.8, 4) is 0 Å². The molecule has 0 aromatic carbocycles. The molecule has 0 spiro atoms. The van der Waals surface area contributed by atoms with Crippen LogP contribution in [0.25, 0.3) is 0 Å². The summed E-state index contributed by atoms with van der Waals surface area (Å²) < 4.78 is 32.0. The van der Waals surface area contributed by atoms with Gasteiger partial charge >= 0.3 is 79.1 Å². The van der Waals surface area contributed by atoms with E-state index in [0.29, 0.717) is 0 Å². The predicted octanol–water partition coefficient (Wildman–Crippen LogP) is -0.488. The van der Waals surface area contributed by atoms with Gasteiger partial charge in [-0.3, -0.25) is 0 Å². The Morgan fingerprint density at radius 2 is 0.444 bits per heavy atom. The van der Waals surface area contributed by atoms with Crippen LogP contribution < -0.4 is 0 Å². The smallest absolute Gasteiger partial charge is 0 e. The van der Waals surface area contributed by atoms with Crippen LogP contribution in [-0.4, -0.2) is 0 Å². The molecular formula is Fe4O4Ti. The zero-order valence-electron chi connectivity index (χ0n) is 3.55. The summed E-state index contributed by atoms with van der Waals surface area (Å²) in [5, 5.41) is 0. The molecule has 0 amide bonds. The summed E-state index contributed by atoms with van der Waals surface area (Å²) in [6.45, 7) is 0. The van der Waals surface area contributed by atoms with Gasteiger partial charge in [0.1, 0.15) is 0 Å². The molecule has 0 N–H and O–H groups in total. The minimum absolute atomic E-state index is 0. The molecule has 0 aliphatic heterocycles. The quantitative estimate of drug-likeness (QED) is 0.561. The van der Waals surface area contributed by atoms with Crippen LogP contribution in [0, 0.1) is 0 Å². The minimum atomic E-state index is 0. The molecule has 9 heavy (non-hydrogen) atoms. The van der Waals surface area contributed by atoms with Gasteiger partial charge in [-0.15, -0.1) is 0 Å². The molecule has 0 aromatic rings. The van der Waals surface area contributed by atoms with E-state index in [1.54, 1.807) is 0 Å². The van der Waals surface area contributed by atoms with Gasteiger partial charge in [0.25, 0.3) is 0 Å². The summed E-state index contributed by atoms with van der Waals surface area (Å²) in [5.74, 6) is 0. The first kappa shape index (κ1) is 30.6. The van der Waals surface area contributed by atoms with Crippen molar-refractivity contribution < 1.29 is 101 Å². The third-order valence-corrected chi connectivity index (χ3v) is 0. The Bertz CT molecular complexity index is 20.5. The molecule has 0 unspecified atom stereocenters. The zero-order chi connectivity index (χ0) is 8.00. The summed E-state index contributed by atoms with van der Waals surface area (Å²) in [6.07, 6.45) is 0. The van der Waals surface area contributed by atoms with Crippen LogP contribution in [0.1, 0.15) is 0 Å². The van der Waals surface area contributed by atoms with E-state index in [-0.39, 0.29) is 21.7 Å². The third kappa shape index (κ3) is 161. The third-order valence-electron chi connectivity index (χ3n) is 0.